The first-order chi connectivity index (χ1) is 15.0. The van der Waals surface area contributed by atoms with Gasteiger partial charge in [-0.15, -0.1) is 10.2 Å². The quantitative estimate of drug-likeness (QED) is 0.384. The minimum absolute atomic E-state index is 0.0371. The van der Waals surface area contributed by atoms with Crippen molar-refractivity contribution >= 4 is 23.8 Å². The lowest BCUT2D eigenvalue weighted by Crippen LogP contribution is -1.98. The minimum Gasteiger partial charge on any atom is -0.497 e. The number of rotatable bonds is 9. The molecule has 0 aliphatic heterocycles. The maximum absolute atomic E-state index is 11.8. The Morgan fingerprint density at radius 3 is 2.19 bits per heavy atom. The van der Waals surface area contributed by atoms with Gasteiger partial charge < -0.3 is 28.5 Å². The molecule has 9 nitrogen and oxygen atoms in total. The molecule has 3 aromatic rings. The van der Waals surface area contributed by atoms with Gasteiger partial charge in [0.25, 0.3) is 5.22 Å². The highest BCUT2D eigenvalue weighted by atomic mass is 32.2. The van der Waals surface area contributed by atoms with Crippen LogP contribution in [-0.4, -0.2) is 49.7 Å². The first kappa shape index (κ1) is 22.0. The van der Waals surface area contributed by atoms with Gasteiger partial charge in [0.1, 0.15) is 27.9 Å². The average Bonchev–Trinajstić information content (AvgIpc) is 3.26. The number of benzene rings is 2. The van der Waals surface area contributed by atoms with Gasteiger partial charge >= 0.3 is 5.97 Å². The minimum atomic E-state index is -1.15. The van der Waals surface area contributed by atoms with Crippen LogP contribution in [0, 0.1) is 0 Å². The van der Waals surface area contributed by atoms with Crippen LogP contribution in [0.5, 0.6) is 23.0 Å². The molecule has 0 spiro atoms. The third-order valence-electron chi connectivity index (χ3n) is 4.14. The van der Waals surface area contributed by atoms with Crippen LogP contribution in [0.2, 0.25) is 0 Å². The summed E-state index contributed by atoms with van der Waals surface area (Å²) >= 11 is 0.822. The summed E-state index contributed by atoms with van der Waals surface area (Å²) in [7, 11) is 6.09. The predicted octanol–water partition coefficient (Wildman–Crippen LogP) is 3.99. The molecule has 1 N–H and O–H groups in total. The van der Waals surface area contributed by atoms with Crippen molar-refractivity contribution in [2.75, 3.05) is 28.4 Å². The average molecular weight is 444 g/mol. The van der Waals surface area contributed by atoms with E-state index in [9.17, 15) is 9.90 Å². The van der Waals surface area contributed by atoms with Crippen LogP contribution >= 0.6 is 11.8 Å². The van der Waals surface area contributed by atoms with Crippen molar-refractivity contribution < 1.29 is 33.3 Å². The Balaban J connectivity index is 1.92. The van der Waals surface area contributed by atoms with Crippen molar-refractivity contribution in [3.8, 4) is 34.5 Å². The van der Waals surface area contributed by atoms with Crippen molar-refractivity contribution in [2.45, 2.75) is 5.22 Å². The molecular weight excluding hydrogens is 424 g/mol. The van der Waals surface area contributed by atoms with Crippen LogP contribution in [0.15, 0.2) is 50.9 Å². The Labute approximate surface area is 182 Å². The van der Waals surface area contributed by atoms with E-state index in [4.69, 9.17) is 23.4 Å². The summed E-state index contributed by atoms with van der Waals surface area (Å²) in [5.74, 6) is 1.21. The van der Waals surface area contributed by atoms with E-state index in [2.05, 4.69) is 10.2 Å². The van der Waals surface area contributed by atoms with E-state index in [1.807, 2.05) is 0 Å². The number of carbonyl (C=O) groups is 1. The van der Waals surface area contributed by atoms with Gasteiger partial charge in [-0.25, -0.2) is 4.79 Å². The first-order valence-electron chi connectivity index (χ1n) is 8.89. The van der Waals surface area contributed by atoms with Crippen LogP contribution in [0.3, 0.4) is 0 Å². The Kier molecular flexibility index (Phi) is 7.03. The van der Waals surface area contributed by atoms with E-state index in [1.54, 1.807) is 36.4 Å². The van der Waals surface area contributed by atoms with E-state index < -0.39 is 5.97 Å². The number of hydrogen-bond acceptors (Lipinski definition) is 9. The molecule has 0 radical (unpaired) electrons. The predicted molar refractivity (Wildman–Crippen MR) is 114 cm³/mol. The van der Waals surface area contributed by atoms with Crippen LogP contribution < -0.4 is 18.9 Å². The van der Waals surface area contributed by atoms with Crippen LogP contribution in [-0.2, 0) is 4.79 Å². The summed E-state index contributed by atoms with van der Waals surface area (Å²) in [6.45, 7) is 0. The van der Waals surface area contributed by atoms with Crippen LogP contribution in [0.25, 0.3) is 17.5 Å². The molecule has 10 heteroatoms. The highest BCUT2D eigenvalue weighted by Crippen LogP contribution is 2.34. The van der Waals surface area contributed by atoms with Gasteiger partial charge in [0.05, 0.1) is 28.4 Å². The number of carboxylic acids is 1. The van der Waals surface area contributed by atoms with E-state index in [1.165, 1.54) is 34.5 Å². The van der Waals surface area contributed by atoms with Gasteiger partial charge in [0.15, 0.2) is 0 Å². The summed E-state index contributed by atoms with van der Waals surface area (Å²) in [5, 5.41) is 17.7. The van der Waals surface area contributed by atoms with Crippen molar-refractivity contribution in [1.29, 1.82) is 0 Å². The molecular formula is C21H20N2O7S. The summed E-state index contributed by atoms with van der Waals surface area (Å²) < 4.78 is 26.7. The molecule has 1 aromatic heterocycles. The van der Waals surface area contributed by atoms with Gasteiger partial charge in [0.2, 0.25) is 5.89 Å². The van der Waals surface area contributed by atoms with Crippen molar-refractivity contribution in [2.24, 2.45) is 0 Å². The summed E-state index contributed by atoms with van der Waals surface area (Å²) in [6, 6.07) is 10.2. The van der Waals surface area contributed by atoms with E-state index in [0.717, 1.165) is 11.8 Å². The maximum Gasteiger partial charge on any atom is 0.342 e. The van der Waals surface area contributed by atoms with E-state index in [0.29, 0.717) is 34.1 Å². The zero-order chi connectivity index (χ0) is 22.4. The molecule has 0 fully saturated rings. The molecule has 0 unspecified atom stereocenters. The van der Waals surface area contributed by atoms with Gasteiger partial charge in [-0.2, -0.15) is 0 Å². The number of hydrogen-bond donors (Lipinski definition) is 1. The normalized spacial score (nSPS) is 11.2. The Hall–Kier alpha value is -3.66. The second-order valence-electron chi connectivity index (χ2n) is 6.00. The molecule has 1 heterocycles. The molecule has 0 saturated heterocycles. The van der Waals surface area contributed by atoms with E-state index >= 15 is 0 Å². The van der Waals surface area contributed by atoms with Crippen molar-refractivity contribution in [1.82, 2.24) is 10.2 Å². The molecule has 0 saturated carbocycles. The third-order valence-corrected chi connectivity index (χ3v) is 4.99. The molecule has 0 amide bonds. The largest absolute Gasteiger partial charge is 0.497 e. The van der Waals surface area contributed by atoms with Gasteiger partial charge in [0, 0.05) is 17.2 Å². The first-order valence-corrected chi connectivity index (χ1v) is 9.70. The number of ether oxygens (including phenoxy) is 4. The topological polar surface area (TPSA) is 113 Å². The number of carboxylic acid groups (broad SMARTS) is 1. The zero-order valence-electron chi connectivity index (χ0n) is 17.2. The highest BCUT2D eigenvalue weighted by Gasteiger charge is 2.18. The Bertz CT molecular complexity index is 1090. The zero-order valence-corrected chi connectivity index (χ0v) is 18.1. The second-order valence-corrected chi connectivity index (χ2v) is 6.99. The lowest BCUT2D eigenvalue weighted by atomic mass is 10.1. The lowest BCUT2D eigenvalue weighted by Gasteiger charge is -2.08. The third kappa shape index (κ3) is 5.28. The summed E-state index contributed by atoms with van der Waals surface area (Å²) in [4.78, 5) is 11.8. The number of thioether (sulfide) groups is 1. The highest BCUT2D eigenvalue weighted by molar-refractivity contribution is 8.03. The molecule has 0 aliphatic rings. The van der Waals surface area contributed by atoms with Gasteiger partial charge in [-0.05, 0) is 48.2 Å². The van der Waals surface area contributed by atoms with Gasteiger partial charge in [-0.1, -0.05) is 0 Å². The number of aromatic nitrogens is 2. The Morgan fingerprint density at radius 1 is 0.935 bits per heavy atom. The number of aliphatic carboxylic acids is 1. The summed E-state index contributed by atoms with van der Waals surface area (Å²) in [5.41, 5.74) is 1.11. The second kappa shape index (κ2) is 9.90. The lowest BCUT2D eigenvalue weighted by molar-refractivity contribution is -0.131. The molecule has 3 rings (SSSR count). The monoisotopic (exact) mass is 444 g/mol. The van der Waals surface area contributed by atoms with Crippen molar-refractivity contribution in [3.05, 3.63) is 46.9 Å². The molecule has 0 aliphatic carbocycles. The standard InChI is InChI=1S/C21H20N2O7S/c1-26-14-5-6-17(29-4)12(7-14)10-18(20(24)25)31-21-23-22-19(30-21)13-8-15(27-2)11-16(9-13)28-3/h5-11H,1-4H3,(H,24,25)/b18-10-. The SMILES string of the molecule is COc1cc(OC)cc(-c2nnc(S/C(=C\c3cc(OC)ccc3OC)C(=O)O)o2)c1. The van der Waals surface area contributed by atoms with Gasteiger partial charge in [-0.3, -0.25) is 0 Å². The van der Waals surface area contributed by atoms with Crippen molar-refractivity contribution in [3.63, 3.8) is 0 Å². The Morgan fingerprint density at radius 2 is 1.61 bits per heavy atom. The maximum atomic E-state index is 11.8. The van der Waals surface area contributed by atoms with Crippen LogP contribution in [0.4, 0.5) is 0 Å². The molecule has 162 valence electrons. The molecule has 31 heavy (non-hydrogen) atoms. The number of methoxy groups -OCH3 is 4. The van der Waals surface area contributed by atoms with E-state index in [-0.39, 0.29) is 16.0 Å². The van der Waals surface area contributed by atoms with Crippen LogP contribution in [0.1, 0.15) is 5.56 Å². The summed E-state index contributed by atoms with van der Waals surface area (Å²) in [6.07, 6.45) is 1.45. The molecule has 0 atom stereocenters. The fourth-order valence-electron chi connectivity index (χ4n) is 2.62. The molecule has 0 bridgehead atoms. The fourth-order valence-corrected chi connectivity index (χ4v) is 3.28. The number of nitrogens with zero attached hydrogens (tertiary/aromatic N) is 2. The fraction of sp³-hybridized carbons (Fsp3) is 0.190. The molecule has 2 aromatic carbocycles. The smallest absolute Gasteiger partial charge is 0.342 e.